The lowest BCUT2D eigenvalue weighted by atomic mass is 10.0. The Morgan fingerprint density at radius 2 is 2.05 bits per heavy atom. The number of hydrogen-bond acceptors (Lipinski definition) is 3. The van der Waals surface area contributed by atoms with Crippen LogP contribution in [0.3, 0.4) is 0 Å². The van der Waals surface area contributed by atoms with Crippen LogP contribution >= 0.6 is 0 Å². The van der Waals surface area contributed by atoms with Crippen LogP contribution in [0.1, 0.15) is 24.8 Å². The van der Waals surface area contributed by atoms with Crippen molar-refractivity contribution in [1.82, 2.24) is 9.62 Å². The highest BCUT2D eigenvalue weighted by molar-refractivity contribution is 7.88. The van der Waals surface area contributed by atoms with Gasteiger partial charge in [0, 0.05) is 13.1 Å². The third-order valence-corrected chi connectivity index (χ3v) is 4.98. The van der Waals surface area contributed by atoms with Crippen LogP contribution in [0.25, 0.3) is 6.08 Å². The zero-order chi connectivity index (χ0) is 16.0. The second-order valence-corrected chi connectivity index (χ2v) is 7.38. The van der Waals surface area contributed by atoms with Crippen molar-refractivity contribution in [3.05, 3.63) is 42.0 Å². The van der Waals surface area contributed by atoms with Gasteiger partial charge in [-0.15, -0.1) is 0 Å². The van der Waals surface area contributed by atoms with Crippen LogP contribution in [0.5, 0.6) is 0 Å². The van der Waals surface area contributed by atoms with Crippen molar-refractivity contribution in [2.75, 3.05) is 19.3 Å². The molecule has 1 aromatic carbocycles. The number of amides is 1. The molecule has 1 heterocycles. The molecule has 0 spiro atoms. The van der Waals surface area contributed by atoms with Crippen molar-refractivity contribution >= 4 is 22.0 Å². The average Bonchev–Trinajstić information content (AvgIpc) is 2.51. The van der Waals surface area contributed by atoms with E-state index in [1.807, 2.05) is 42.5 Å². The molecule has 1 fully saturated rings. The first-order valence-corrected chi connectivity index (χ1v) is 9.29. The smallest absolute Gasteiger partial charge is 0.238 e. The Morgan fingerprint density at radius 1 is 1.32 bits per heavy atom. The Balaban J connectivity index is 1.89. The van der Waals surface area contributed by atoms with Gasteiger partial charge in [0.25, 0.3) is 0 Å². The molecule has 2 rings (SSSR count). The molecule has 1 N–H and O–H groups in total. The summed E-state index contributed by atoms with van der Waals surface area (Å²) < 4.78 is 24.8. The summed E-state index contributed by atoms with van der Waals surface area (Å²) in [5.74, 6) is -0.220. The zero-order valence-corrected chi connectivity index (χ0v) is 13.6. The Kier molecular flexibility index (Phi) is 5.74. The minimum atomic E-state index is -3.34. The fourth-order valence-electron chi connectivity index (χ4n) is 2.60. The van der Waals surface area contributed by atoms with Crippen molar-refractivity contribution < 1.29 is 13.2 Å². The van der Waals surface area contributed by atoms with E-state index < -0.39 is 16.1 Å². The normalized spacial score (nSPS) is 20.1. The van der Waals surface area contributed by atoms with Gasteiger partial charge in [-0.3, -0.25) is 4.79 Å². The number of nitrogens with zero attached hydrogens (tertiary/aromatic N) is 1. The summed E-state index contributed by atoms with van der Waals surface area (Å²) in [6.45, 7) is 0.818. The summed E-state index contributed by atoms with van der Waals surface area (Å²) in [6.07, 6.45) is 7.22. The van der Waals surface area contributed by atoms with Gasteiger partial charge < -0.3 is 5.32 Å². The van der Waals surface area contributed by atoms with Crippen LogP contribution in [0.4, 0.5) is 0 Å². The lowest BCUT2D eigenvalue weighted by molar-refractivity contribution is -0.125. The van der Waals surface area contributed by atoms with E-state index in [2.05, 4.69) is 5.32 Å². The molecule has 0 aromatic heterocycles. The number of carbonyl (C=O) groups is 1. The van der Waals surface area contributed by atoms with Crippen molar-refractivity contribution in [2.24, 2.45) is 0 Å². The third-order valence-electron chi connectivity index (χ3n) is 3.69. The number of sulfonamides is 1. The fraction of sp³-hybridized carbons (Fsp3) is 0.438. The van der Waals surface area contributed by atoms with E-state index in [0.29, 0.717) is 19.5 Å². The highest BCUT2D eigenvalue weighted by atomic mass is 32.2. The molecule has 1 aliphatic rings. The molecule has 1 atom stereocenters. The van der Waals surface area contributed by atoms with Crippen molar-refractivity contribution in [3.8, 4) is 0 Å². The molecule has 120 valence electrons. The van der Waals surface area contributed by atoms with E-state index in [1.54, 1.807) is 0 Å². The molecule has 0 unspecified atom stereocenters. The second-order valence-electron chi connectivity index (χ2n) is 5.44. The van der Waals surface area contributed by atoms with Crippen LogP contribution in [0.2, 0.25) is 0 Å². The molecule has 0 saturated carbocycles. The minimum Gasteiger partial charge on any atom is -0.351 e. The van der Waals surface area contributed by atoms with Gasteiger partial charge in [-0.1, -0.05) is 48.9 Å². The van der Waals surface area contributed by atoms with Gasteiger partial charge in [0.15, 0.2) is 0 Å². The molecule has 22 heavy (non-hydrogen) atoms. The number of benzene rings is 1. The molecule has 1 aromatic rings. The highest BCUT2D eigenvalue weighted by Gasteiger charge is 2.33. The zero-order valence-electron chi connectivity index (χ0n) is 12.7. The van der Waals surface area contributed by atoms with Gasteiger partial charge in [-0.05, 0) is 18.4 Å². The molecule has 0 bridgehead atoms. The summed E-state index contributed by atoms with van der Waals surface area (Å²) in [5.41, 5.74) is 1.06. The lowest BCUT2D eigenvalue weighted by Crippen LogP contribution is -2.51. The van der Waals surface area contributed by atoms with E-state index in [9.17, 15) is 13.2 Å². The van der Waals surface area contributed by atoms with E-state index >= 15 is 0 Å². The van der Waals surface area contributed by atoms with Gasteiger partial charge in [-0.25, -0.2) is 8.42 Å². The summed E-state index contributed by atoms with van der Waals surface area (Å²) >= 11 is 0. The molecular formula is C16H22N2O3S. The first-order chi connectivity index (χ1) is 10.5. The van der Waals surface area contributed by atoms with E-state index in [-0.39, 0.29) is 5.91 Å². The van der Waals surface area contributed by atoms with Crippen LogP contribution in [-0.2, 0) is 14.8 Å². The number of piperidine rings is 1. The van der Waals surface area contributed by atoms with Gasteiger partial charge in [-0.2, -0.15) is 4.31 Å². The molecule has 6 heteroatoms. The van der Waals surface area contributed by atoms with E-state index in [0.717, 1.165) is 24.7 Å². The Bertz CT molecular complexity index is 626. The van der Waals surface area contributed by atoms with Crippen LogP contribution < -0.4 is 5.32 Å². The summed E-state index contributed by atoms with van der Waals surface area (Å²) in [4.78, 5) is 12.2. The maximum Gasteiger partial charge on any atom is 0.238 e. The largest absolute Gasteiger partial charge is 0.351 e. The Hall–Kier alpha value is -1.66. The standard InChI is InChI=1S/C16H22N2O3S/c1-22(20,21)18-13-6-5-11-15(18)16(19)17-12-7-10-14-8-3-2-4-9-14/h2-4,7-10,15H,5-6,11-13H2,1H3,(H,17,19)/b10-7+/t15-/m0/s1. The molecular weight excluding hydrogens is 300 g/mol. The lowest BCUT2D eigenvalue weighted by Gasteiger charge is -2.32. The van der Waals surface area contributed by atoms with Crippen LogP contribution in [0, 0.1) is 0 Å². The monoisotopic (exact) mass is 322 g/mol. The van der Waals surface area contributed by atoms with Gasteiger partial charge >= 0.3 is 0 Å². The summed E-state index contributed by atoms with van der Waals surface area (Å²) in [7, 11) is -3.34. The summed E-state index contributed by atoms with van der Waals surface area (Å²) in [6, 6.07) is 9.22. The fourth-order valence-corrected chi connectivity index (χ4v) is 3.72. The number of hydrogen-bond donors (Lipinski definition) is 1. The van der Waals surface area contributed by atoms with Crippen molar-refractivity contribution in [2.45, 2.75) is 25.3 Å². The first kappa shape index (κ1) is 16.7. The number of carbonyl (C=O) groups excluding carboxylic acids is 1. The quantitative estimate of drug-likeness (QED) is 0.896. The Labute approximate surface area is 132 Å². The summed E-state index contributed by atoms with van der Waals surface area (Å²) in [5, 5.41) is 2.79. The van der Waals surface area contributed by atoms with Gasteiger partial charge in [0.2, 0.25) is 15.9 Å². The SMILES string of the molecule is CS(=O)(=O)N1CCCC[C@H]1C(=O)NC/C=C/c1ccccc1. The minimum absolute atomic E-state index is 0.220. The predicted molar refractivity (Wildman–Crippen MR) is 87.7 cm³/mol. The van der Waals surface area contributed by atoms with Crippen molar-refractivity contribution in [3.63, 3.8) is 0 Å². The van der Waals surface area contributed by atoms with Crippen molar-refractivity contribution in [1.29, 1.82) is 0 Å². The Morgan fingerprint density at radius 3 is 2.73 bits per heavy atom. The molecule has 1 saturated heterocycles. The number of nitrogens with one attached hydrogen (secondary N) is 1. The van der Waals surface area contributed by atoms with Crippen LogP contribution in [0.15, 0.2) is 36.4 Å². The van der Waals surface area contributed by atoms with Gasteiger partial charge in [0.05, 0.1) is 6.26 Å². The topological polar surface area (TPSA) is 66.5 Å². The van der Waals surface area contributed by atoms with E-state index in [1.165, 1.54) is 4.31 Å². The molecule has 5 nitrogen and oxygen atoms in total. The number of rotatable bonds is 5. The molecule has 0 radical (unpaired) electrons. The first-order valence-electron chi connectivity index (χ1n) is 7.44. The van der Waals surface area contributed by atoms with Crippen LogP contribution in [-0.4, -0.2) is 44.0 Å². The third kappa shape index (κ3) is 4.68. The molecule has 1 amide bonds. The maximum absolute atomic E-state index is 12.2. The molecule has 0 aliphatic carbocycles. The molecule has 1 aliphatic heterocycles. The maximum atomic E-state index is 12.2. The second kappa shape index (κ2) is 7.56. The van der Waals surface area contributed by atoms with E-state index in [4.69, 9.17) is 0 Å². The predicted octanol–water partition coefficient (Wildman–Crippen LogP) is 1.63. The van der Waals surface area contributed by atoms with Gasteiger partial charge in [0.1, 0.15) is 6.04 Å². The highest BCUT2D eigenvalue weighted by Crippen LogP contribution is 2.19. The average molecular weight is 322 g/mol.